The summed E-state index contributed by atoms with van der Waals surface area (Å²) in [5, 5.41) is 21.4. The second kappa shape index (κ2) is 4.40. The van der Waals surface area contributed by atoms with Crippen molar-refractivity contribution in [2.75, 3.05) is 19.7 Å². The minimum Gasteiger partial charge on any atom is -0.396 e. The molecule has 1 aliphatic rings. The van der Waals surface area contributed by atoms with E-state index in [1.807, 2.05) is 13.8 Å². The average molecular weight is 187 g/mol. The van der Waals surface area contributed by atoms with E-state index in [1.54, 1.807) is 0 Å². The van der Waals surface area contributed by atoms with Gasteiger partial charge in [-0.25, -0.2) is 0 Å². The van der Waals surface area contributed by atoms with Gasteiger partial charge in [-0.2, -0.15) is 0 Å². The first-order valence-electron chi connectivity index (χ1n) is 5.03. The maximum atomic E-state index is 9.06. The minimum absolute atomic E-state index is 0.0254. The first-order chi connectivity index (χ1) is 6.03. The summed E-state index contributed by atoms with van der Waals surface area (Å²) in [6.45, 7) is 6.11. The van der Waals surface area contributed by atoms with Crippen LogP contribution in [0.15, 0.2) is 0 Å². The molecule has 3 nitrogen and oxygen atoms in total. The van der Waals surface area contributed by atoms with Crippen molar-refractivity contribution in [3.05, 3.63) is 0 Å². The highest BCUT2D eigenvalue weighted by Gasteiger charge is 2.27. The molecule has 0 unspecified atom stereocenters. The molecule has 1 fully saturated rings. The van der Waals surface area contributed by atoms with Gasteiger partial charge in [0.05, 0.1) is 6.10 Å². The smallest absolute Gasteiger partial charge is 0.0546 e. The quantitative estimate of drug-likeness (QED) is 0.582. The molecule has 0 radical (unpaired) electrons. The summed E-state index contributed by atoms with van der Waals surface area (Å²) >= 11 is 0. The molecule has 0 aliphatic heterocycles. The summed E-state index contributed by atoms with van der Waals surface area (Å²) in [6, 6.07) is 0. The largest absolute Gasteiger partial charge is 0.396 e. The molecule has 1 aliphatic carbocycles. The van der Waals surface area contributed by atoms with Crippen molar-refractivity contribution in [2.45, 2.75) is 32.8 Å². The predicted octanol–water partition coefficient (Wildman–Crippen LogP) is 0.365. The molecule has 78 valence electrons. The molecule has 0 amide bonds. The molecular weight excluding hydrogens is 166 g/mol. The van der Waals surface area contributed by atoms with Crippen molar-refractivity contribution in [1.29, 1.82) is 0 Å². The fourth-order valence-corrected chi connectivity index (χ4v) is 1.54. The number of nitrogens with one attached hydrogen (secondary N) is 1. The van der Waals surface area contributed by atoms with Crippen LogP contribution in [0.4, 0.5) is 0 Å². The molecule has 1 rings (SSSR count). The summed E-state index contributed by atoms with van der Waals surface area (Å²) in [4.78, 5) is 0. The lowest BCUT2D eigenvalue weighted by molar-refractivity contribution is 0.0411. The van der Waals surface area contributed by atoms with Gasteiger partial charge in [0, 0.05) is 18.6 Å². The molecule has 0 spiro atoms. The Hall–Kier alpha value is -0.120. The molecule has 3 N–H and O–H groups in total. The third-order valence-electron chi connectivity index (χ3n) is 2.68. The van der Waals surface area contributed by atoms with Crippen LogP contribution in [0.2, 0.25) is 0 Å². The Morgan fingerprint density at radius 2 is 2.00 bits per heavy atom. The molecule has 0 aromatic rings. The fraction of sp³-hybridized carbons (Fsp3) is 1.00. The normalized spacial score (nSPS) is 28.6. The number of rotatable bonds is 5. The molecular formula is C10H21NO2. The van der Waals surface area contributed by atoms with Crippen LogP contribution in [0.1, 0.15) is 26.7 Å². The number of aliphatic hydroxyl groups excluding tert-OH is 2. The first kappa shape index (κ1) is 11.0. The van der Waals surface area contributed by atoms with Crippen molar-refractivity contribution in [3.8, 4) is 0 Å². The zero-order chi connectivity index (χ0) is 9.90. The highest BCUT2D eigenvalue weighted by molar-refractivity contribution is 4.81. The van der Waals surface area contributed by atoms with Gasteiger partial charge in [-0.05, 0) is 25.3 Å². The van der Waals surface area contributed by atoms with E-state index >= 15 is 0 Å². The lowest BCUT2D eigenvalue weighted by Gasteiger charge is -2.32. The van der Waals surface area contributed by atoms with Gasteiger partial charge >= 0.3 is 0 Å². The lowest BCUT2D eigenvalue weighted by Crippen LogP contribution is -2.40. The Balaban J connectivity index is 2.01. The fourth-order valence-electron chi connectivity index (χ4n) is 1.54. The van der Waals surface area contributed by atoms with Crippen LogP contribution in [-0.4, -0.2) is 36.0 Å². The van der Waals surface area contributed by atoms with E-state index in [1.165, 1.54) is 0 Å². The minimum atomic E-state index is -0.0577. The highest BCUT2D eigenvalue weighted by Crippen LogP contribution is 2.26. The summed E-state index contributed by atoms with van der Waals surface area (Å²) < 4.78 is 0. The molecule has 1 saturated carbocycles. The topological polar surface area (TPSA) is 52.5 Å². The van der Waals surface area contributed by atoms with Crippen molar-refractivity contribution in [2.24, 2.45) is 11.3 Å². The van der Waals surface area contributed by atoms with Crippen molar-refractivity contribution in [1.82, 2.24) is 5.32 Å². The lowest BCUT2D eigenvalue weighted by atomic mass is 9.82. The van der Waals surface area contributed by atoms with Gasteiger partial charge in [-0.3, -0.25) is 0 Å². The SMILES string of the molecule is CC(C)(CO)CNCC1CC(O)C1. The van der Waals surface area contributed by atoms with Gasteiger partial charge in [-0.1, -0.05) is 13.8 Å². The Kier molecular flexibility index (Phi) is 3.71. The monoisotopic (exact) mass is 187 g/mol. The van der Waals surface area contributed by atoms with Crippen LogP contribution in [-0.2, 0) is 0 Å². The summed E-state index contributed by atoms with van der Waals surface area (Å²) in [6.07, 6.45) is 1.82. The molecule has 3 heteroatoms. The van der Waals surface area contributed by atoms with E-state index in [4.69, 9.17) is 10.2 Å². The molecule has 0 aromatic carbocycles. The van der Waals surface area contributed by atoms with Gasteiger partial charge in [0.1, 0.15) is 0 Å². The van der Waals surface area contributed by atoms with Gasteiger partial charge in [0.2, 0.25) is 0 Å². The van der Waals surface area contributed by atoms with E-state index in [9.17, 15) is 0 Å². The summed E-state index contributed by atoms with van der Waals surface area (Å²) in [5.41, 5.74) is -0.0254. The van der Waals surface area contributed by atoms with Gasteiger partial charge in [-0.15, -0.1) is 0 Å². The van der Waals surface area contributed by atoms with E-state index in [2.05, 4.69) is 5.32 Å². The first-order valence-corrected chi connectivity index (χ1v) is 5.03. The highest BCUT2D eigenvalue weighted by atomic mass is 16.3. The Morgan fingerprint density at radius 1 is 1.38 bits per heavy atom. The van der Waals surface area contributed by atoms with Crippen LogP contribution < -0.4 is 5.32 Å². The summed E-state index contributed by atoms with van der Waals surface area (Å²) in [7, 11) is 0. The molecule has 0 atom stereocenters. The predicted molar refractivity (Wildman–Crippen MR) is 52.5 cm³/mol. The van der Waals surface area contributed by atoms with E-state index in [0.717, 1.165) is 25.9 Å². The zero-order valence-corrected chi connectivity index (χ0v) is 8.58. The van der Waals surface area contributed by atoms with Gasteiger partial charge in [0.25, 0.3) is 0 Å². The molecule has 0 saturated heterocycles. The second-order valence-electron chi connectivity index (χ2n) is 4.94. The maximum Gasteiger partial charge on any atom is 0.0546 e. The Labute approximate surface area is 80.2 Å². The number of aliphatic hydroxyl groups is 2. The van der Waals surface area contributed by atoms with Crippen LogP contribution in [0.3, 0.4) is 0 Å². The Bertz CT molecular complexity index is 153. The zero-order valence-electron chi connectivity index (χ0n) is 8.58. The molecule has 0 heterocycles. The summed E-state index contributed by atoms with van der Waals surface area (Å²) in [5.74, 6) is 0.643. The van der Waals surface area contributed by atoms with Crippen LogP contribution in [0.5, 0.6) is 0 Å². The Morgan fingerprint density at radius 3 is 2.46 bits per heavy atom. The van der Waals surface area contributed by atoms with Gasteiger partial charge < -0.3 is 15.5 Å². The standard InChI is InChI=1S/C10H21NO2/c1-10(2,7-12)6-11-5-8-3-9(13)4-8/h8-9,11-13H,3-7H2,1-2H3. The van der Waals surface area contributed by atoms with E-state index in [0.29, 0.717) is 5.92 Å². The van der Waals surface area contributed by atoms with E-state index in [-0.39, 0.29) is 18.1 Å². The molecule has 13 heavy (non-hydrogen) atoms. The molecule has 0 bridgehead atoms. The maximum absolute atomic E-state index is 9.06. The van der Waals surface area contributed by atoms with Crippen LogP contribution >= 0.6 is 0 Å². The van der Waals surface area contributed by atoms with Gasteiger partial charge in [0.15, 0.2) is 0 Å². The third-order valence-corrected chi connectivity index (χ3v) is 2.68. The number of hydrogen-bond donors (Lipinski definition) is 3. The van der Waals surface area contributed by atoms with Crippen LogP contribution in [0.25, 0.3) is 0 Å². The second-order valence-corrected chi connectivity index (χ2v) is 4.94. The number of hydrogen-bond acceptors (Lipinski definition) is 3. The van der Waals surface area contributed by atoms with Crippen LogP contribution in [0, 0.1) is 11.3 Å². The van der Waals surface area contributed by atoms with E-state index < -0.39 is 0 Å². The third kappa shape index (κ3) is 3.63. The molecule has 0 aromatic heterocycles. The average Bonchev–Trinajstić information content (AvgIpc) is 2.01. The van der Waals surface area contributed by atoms with Crippen molar-refractivity contribution >= 4 is 0 Å². The van der Waals surface area contributed by atoms with Crippen molar-refractivity contribution < 1.29 is 10.2 Å². The van der Waals surface area contributed by atoms with Crippen molar-refractivity contribution in [3.63, 3.8) is 0 Å².